The molecule has 0 saturated carbocycles. The zero-order valence-electron chi connectivity index (χ0n) is 24.4. The van der Waals surface area contributed by atoms with Crippen LogP contribution < -0.4 is 4.90 Å². The van der Waals surface area contributed by atoms with Crippen LogP contribution in [-0.2, 0) is 23.9 Å². The van der Waals surface area contributed by atoms with Gasteiger partial charge in [0.2, 0.25) is 5.91 Å². The Labute approximate surface area is 232 Å². The van der Waals surface area contributed by atoms with E-state index in [-0.39, 0.29) is 43.4 Å². The second-order valence-corrected chi connectivity index (χ2v) is 12.2. The van der Waals surface area contributed by atoms with Gasteiger partial charge in [0, 0.05) is 12.2 Å². The smallest absolute Gasteiger partial charge is 0.312 e. The van der Waals surface area contributed by atoms with Gasteiger partial charge in [-0.05, 0) is 69.6 Å². The van der Waals surface area contributed by atoms with E-state index in [0.717, 1.165) is 16.8 Å². The van der Waals surface area contributed by atoms with Crippen LogP contribution >= 0.6 is 0 Å². The monoisotopic (exact) mass is 540 g/mol. The molecule has 3 aliphatic heterocycles. The van der Waals surface area contributed by atoms with Gasteiger partial charge in [0.25, 0.3) is 5.91 Å². The first-order valence-corrected chi connectivity index (χ1v) is 14.2. The minimum atomic E-state index is -1.21. The molecule has 7 atom stereocenters. The largest absolute Gasteiger partial charge is 0.466 e. The van der Waals surface area contributed by atoms with Crippen LogP contribution in [-0.4, -0.2) is 70.8 Å². The van der Waals surface area contributed by atoms with Crippen molar-refractivity contribution in [2.24, 2.45) is 23.7 Å². The molecular formula is C31H44N2O6. The summed E-state index contributed by atoms with van der Waals surface area (Å²) in [5.41, 5.74) is 0.518. The Morgan fingerprint density at radius 2 is 2.03 bits per heavy atom. The summed E-state index contributed by atoms with van der Waals surface area (Å²) in [7, 11) is 0. The SMILES string of the molecule is C=CCN(C(=O)C1N([C@@H](CO)CC(C)C)C(=O)[C@@H]2[C@@H](C(=O)OCC)[C@]3(C)OC12CC3C)c1cc(C)ccc1C. The highest BCUT2D eigenvalue weighted by Crippen LogP contribution is 2.65. The fraction of sp³-hybridized carbons (Fsp3) is 0.645. The molecule has 1 spiro atoms. The normalized spacial score (nSPS) is 31.9. The Balaban J connectivity index is 1.91. The quantitative estimate of drug-likeness (QED) is 0.358. The van der Waals surface area contributed by atoms with Crippen molar-refractivity contribution in [1.29, 1.82) is 0 Å². The molecule has 3 aliphatic rings. The molecule has 8 heteroatoms. The summed E-state index contributed by atoms with van der Waals surface area (Å²) in [5, 5.41) is 10.5. The second kappa shape index (κ2) is 10.7. The zero-order valence-corrected chi connectivity index (χ0v) is 24.4. The van der Waals surface area contributed by atoms with Crippen molar-refractivity contribution in [3.63, 3.8) is 0 Å². The Morgan fingerprint density at radius 1 is 1.33 bits per heavy atom. The minimum absolute atomic E-state index is 0.0857. The van der Waals surface area contributed by atoms with Crippen LogP contribution in [0.2, 0.25) is 0 Å². The van der Waals surface area contributed by atoms with Crippen molar-refractivity contribution >= 4 is 23.5 Å². The van der Waals surface area contributed by atoms with Gasteiger partial charge in [-0.3, -0.25) is 14.4 Å². The lowest BCUT2D eigenvalue weighted by molar-refractivity contribution is -0.162. The van der Waals surface area contributed by atoms with Gasteiger partial charge in [-0.25, -0.2) is 0 Å². The predicted octanol–water partition coefficient (Wildman–Crippen LogP) is 3.80. The van der Waals surface area contributed by atoms with E-state index in [9.17, 15) is 19.5 Å². The van der Waals surface area contributed by atoms with Crippen molar-refractivity contribution in [3.8, 4) is 0 Å². The number of carbonyl (C=O) groups is 3. The first kappa shape index (κ1) is 29.3. The molecule has 1 N–H and O–H groups in total. The number of hydrogen-bond donors (Lipinski definition) is 1. The van der Waals surface area contributed by atoms with E-state index < -0.39 is 41.1 Å². The van der Waals surface area contributed by atoms with Crippen LogP contribution in [0.25, 0.3) is 0 Å². The number of likely N-dealkylation sites (tertiary alicyclic amines) is 1. The molecule has 3 unspecified atom stereocenters. The summed E-state index contributed by atoms with van der Waals surface area (Å²) >= 11 is 0. The molecule has 4 rings (SSSR count). The van der Waals surface area contributed by atoms with Crippen LogP contribution in [0.4, 0.5) is 5.69 Å². The van der Waals surface area contributed by atoms with Gasteiger partial charge in [0.05, 0.1) is 30.8 Å². The third kappa shape index (κ3) is 4.49. The molecule has 1 aromatic rings. The Morgan fingerprint density at radius 3 is 2.62 bits per heavy atom. The molecule has 3 fully saturated rings. The van der Waals surface area contributed by atoms with Gasteiger partial charge in [0.15, 0.2) is 0 Å². The van der Waals surface area contributed by atoms with Gasteiger partial charge >= 0.3 is 5.97 Å². The van der Waals surface area contributed by atoms with E-state index >= 15 is 0 Å². The maximum Gasteiger partial charge on any atom is 0.312 e. The van der Waals surface area contributed by atoms with E-state index in [2.05, 4.69) is 6.58 Å². The Kier molecular flexibility index (Phi) is 8.03. The summed E-state index contributed by atoms with van der Waals surface area (Å²) < 4.78 is 12.3. The number of fused-ring (bicyclic) bond motifs is 1. The lowest BCUT2D eigenvalue weighted by Gasteiger charge is -2.40. The van der Waals surface area contributed by atoms with Crippen molar-refractivity contribution in [2.75, 3.05) is 24.7 Å². The summed E-state index contributed by atoms with van der Waals surface area (Å²) in [4.78, 5) is 45.8. The highest BCUT2D eigenvalue weighted by Gasteiger charge is 2.80. The zero-order chi connectivity index (χ0) is 28.9. The molecule has 0 aliphatic carbocycles. The van der Waals surface area contributed by atoms with Gasteiger partial charge in [0.1, 0.15) is 17.6 Å². The number of amides is 2. The van der Waals surface area contributed by atoms with E-state index in [0.29, 0.717) is 12.8 Å². The van der Waals surface area contributed by atoms with E-state index in [1.807, 2.05) is 59.7 Å². The molecular weight excluding hydrogens is 496 g/mol. The summed E-state index contributed by atoms with van der Waals surface area (Å²) in [5.74, 6) is -2.69. The maximum absolute atomic E-state index is 14.8. The van der Waals surface area contributed by atoms with Gasteiger partial charge < -0.3 is 24.4 Å². The number of rotatable bonds is 10. The number of esters is 1. The van der Waals surface area contributed by atoms with E-state index in [4.69, 9.17) is 9.47 Å². The molecule has 39 heavy (non-hydrogen) atoms. The first-order chi connectivity index (χ1) is 18.4. The lowest BCUT2D eigenvalue weighted by Crippen LogP contribution is -2.59. The number of aliphatic hydroxyl groups is 1. The molecule has 0 radical (unpaired) electrons. The van der Waals surface area contributed by atoms with E-state index in [1.54, 1.807) is 22.8 Å². The fourth-order valence-electron chi connectivity index (χ4n) is 7.35. The van der Waals surface area contributed by atoms with Gasteiger partial charge in [-0.1, -0.05) is 39.0 Å². The molecule has 3 heterocycles. The average Bonchev–Trinajstić information content (AvgIpc) is 3.39. The average molecular weight is 541 g/mol. The number of anilines is 1. The number of aliphatic hydroxyl groups excluding tert-OH is 1. The van der Waals surface area contributed by atoms with Crippen LogP contribution in [0.15, 0.2) is 30.9 Å². The molecule has 1 aromatic carbocycles. The highest BCUT2D eigenvalue weighted by molar-refractivity contribution is 6.05. The molecule has 3 saturated heterocycles. The summed E-state index contributed by atoms with van der Waals surface area (Å²) in [6, 6.07) is 4.33. The van der Waals surface area contributed by atoms with Crippen molar-refractivity contribution < 1.29 is 29.0 Å². The maximum atomic E-state index is 14.8. The summed E-state index contributed by atoms with van der Waals surface area (Å²) in [6.07, 6.45) is 2.64. The first-order valence-electron chi connectivity index (χ1n) is 14.2. The fourth-order valence-corrected chi connectivity index (χ4v) is 7.35. The highest BCUT2D eigenvalue weighted by atomic mass is 16.6. The molecule has 2 amide bonds. The number of hydrogen-bond acceptors (Lipinski definition) is 6. The number of benzene rings is 1. The van der Waals surface area contributed by atoms with Crippen molar-refractivity contribution in [1.82, 2.24) is 4.90 Å². The number of nitrogens with zero attached hydrogens (tertiary/aromatic N) is 2. The standard InChI is InChI=1S/C31H44N2O6/c1-9-13-32(23-15-19(5)11-12-20(23)6)28(36)26-31-16-21(7)30(8,39-31)25(29(37)38-10-2)24(31)27(35)33(26)22(17-34)14-18(3)4/h9,11-12,15,18,21-22,24-26,34H,1,10,13-14,16-17H2,2-8H3/t21?,22-,24+,25+,26?,30-,31?/m1/s1. The number of carbonyl (C=O) groups excluding carboxylic acids is 3. The number of aryl methyl sites for hydroxylation is 2. The molecule has 8 nitrogen and oxygen atoms in total. The van der Waals surface area contributed by atoms with Crippen LogP contribution in [0, 0.1) is 37.5 Å². The Bertz CT molecular complexity index is 1150. The minimum Gasteiger partial charge on any atom is -0.466 e. The number of ether oxygens (including phenoxy) is 2. The predicted molar refractivity (Wildman–Crippen MR) is 149 cm³/mol. The van der Waals surface area contributed by atoms with Gasteiger partial charge in [-0.15, -0.1) is 6.58 Å². The van der Waals surface area contributed by atoms with Crippen molar-refractivity contribution in [2.45, 2.75) is 84.6 Å². The van der Waals surface area contributed by atoms with Crippen molar-refractivity contribution in [3.05, 3.63) is 42.0 Å². The second-order valence-electron chi connectivity index (χ2n) is 12.2. The Hall–Kier alpha value is -2.71. The van der Waals surface area contributed by atoms with Crippen LogP contribution in [0.3, 0.4) is 0 Å². The summed E-state index contributed by atoms with van der Waals surface area (Å²) in [6.45, 7) is 17.6. The molecule has 0 aromatic heterocycles. The third-order valence-electron chi connectivity index (χ3n) is 9.11. The topological polar surface area (TPSA) is 96.4 Å². The molecule has 214 valence electrons. The van der Waals surface area contributed by atoms with Gasteiger partial charge in [-0.2, -0.15) is 0 Å². The lowest BCUT2D eigenvalue weighted by atomic mass is 9.62. The van der Waals surface area contributed by atoms with E-state index in [1.165, 1.54) is 0 Å². The molecule has 2 bridgehead atoms. The van der Waals surface area contributed by atoms with Crippen LogP contribution in [0.5, 0.6) is 0 Å². The third-order valence-corrected chi connectivity index (χ3v) is 9.11. The van der Waals surface area contributed by atoms with Crippen LogP contribution in [0.1, 0.15) is 58.6 Å².